The van der Waals surface area contributed by atoms with Crippen LogP contribution in [0.5, 0.6) is 11.5 Å². The van der Waals surface area contributed by atoms with Crippen molar-refractivity contribution in [1.82, 2.24) is 5.48 Å². The molecular formula is C20H23NO6S. The Morgan fingerprint density at radius 1 is 1.07 bits per heavy atom. The van der Waals surface area contributed by atoms with Gasteiger partial charge in [-0.1, -0.05) is 36.8 Å². The summed E-state index contributed by atoms with van der Waals surface area (Å²) in [5, 5.41) is 7.90. The Kier molecular flexibility index (Phi) is 6.53. The Morgan fingerprint density at radius 2 is 1.82 bits per heavy atom. The molecule has 1 aliphatic rings. The number of nitrogens with one attached hydrogen (secondary N) is 1. The summed E-state index contributed by atoms with van der Waals surface area (Å²) in [7, 11) is -3.78. The van der Waals surface area contributed by atoms with Crippen LogP contribution in [0.15, 0.2) is 53.4 Å². The van der Waals surface area contributed by atoms with Crippen LogP contribution >= 0.6 is 0 Å². The lowest BCUT2D eigenvalue weighted by molar-refractivity contribution is -0.129. The maximum Gasteiger partial charge on any atom is 0.244 e. The third-order valence-corrected chi connectivity index (χ3v) is 6.92. The van der Waals surface area contributed by atoms with Crippen LogP contribution in [0.1, 0.15) is 31.2 Å². The van der Waals surface area contributed by atoms with Crippen molar-refractivity contribution in [2.75, 3.05) is 6.79 Å². The van der Waals surface area contributed by atoms with Crippen LogP contribution in [0.2, 0.25) is 0 Å². The molecule has 1 heterocycles. The smallest absolute Gasteiger partial charge is 0.244 e. The van der Waals surface area contributed by atoms with Crippen LogP contribution in [0.25, 0.3) is 0 Å². The number of fused-ring (bicyclic) bond motifs is 1. The van der Waals surface area contributed by atoms with Crippen molar-refractivity contribution in [3.8, 4) is 11.5 Å². The van der Waals surface area contributed by atoms with E-state index in [0.717, 1.165) is 12.8 Å². The predicted octanol–water partition coefficient (Wildman–Crippen LogP) is 2.87. The van der Waals surface area contributed by atoms with Gasteiger partial charge in [0.1, 0.15) is 0 Å². The number of ether oxygens (including phenoxy) is 2. The van der Waals surface area contributed by atoms with E-state index in [1.807, 2.05) is 30.3 Å². The van der Waals surface area contributed by atoms with Crippen molar-refractivity contribution < 1.29 is 27.9 Å². The molecule has 1 atom stereocenters. The van der Waals surface area contributed by atoms with Crippen LogP contribution in [-0.2, 0) is 21.1 Å². The van der Waals surface area contributed by atoms with E-state index in [4.69, 9.17) is 14.7 Å². The molecular weight excluding hydrogens is 382 g/mol. The van der Waals surface area contributed by atoms with E-state index in [-0.39, 0.29) is 18.1 Å². The lowest BCUT2D eigenvalue weighted by Crippen LogP contribution is -2.30. The summed E-state index contributed by atoms with van der Waals surface area (Å²) in [5.41, 5.74) is 2.71. The summed E-state index contributed by atoms with van der Waals surface area (Å²) < 4.78 is 36.7. The van der Waals surface area contributed by atoms with E-state index in [1.54, 1.807) is 6.07 Å². The van der Waals surface area contributed by atoms with Gasteiger partial charge in [0.25, 0.3) is 0 Å². The zero-order chi connectivity index (χ0) is 20.0. The SMILES string of the molecule is O=C(CC(CCCCc1ccccc1)S(=O)(=O)c1ccc2c(c1)OCO2)NO. The van der Waals surface area contributed by atoms with Gasteiger partial charge in [-0.25, -0.2) is 13.9 Å². The zero-order valence-electron chi connectivity index (χ0n) is 15.3. The maximum absolute atomic E-state index is 13.1. The number of aryl methyl sites for hydroxylation is 1. The van der Waals surface area contributed by atoms with Crippen LogP contribution in [0.3, 0.4) is 0 Å². The van der Waals surface area contributed by atoms with E-state index in [0.29, 0.717) is 24.3 Å². The van der Waals surface area contributed by atoms with Gasteiger partial charge >= 0.3 is 0 Å². The number of unbranched alkanes of at least 4 members (excludes halogenated alkanes) is 1. The first-order valence-corrected chi connectivity index (χ1v) is 10.7. The largest absolute Gasteiger partial charge is 0.454 e. The third kappa shape index (κ3) is 4.82. The van der Waals surface area contributed by atoms with Crippen molar-refractivity contribution in [2.24, 2.45) is 0 Å². The minimum absolute atomic E-state index is 0.0503. The first-order valence-electron chi connectivity index (χ1n) is 9.11. The number of rotatable bonds is 9. The van der Waals surface area contributed by atoms with Crippen molar-refractivity contribution in [2.45, 2.75) is 42.2 Å². The molecule has 150 valence electrons. The molecule has 1 amide bonds. The van der Waals surface area contributed by atoms with Crippen LogP contribution < -0.4 is 15.0 Å². The van der Waals surface area contributed by atoms with Crippen LogP contribution in [-0.4, -0.2) is 31.6 Å². The maximum atomic E-state index is 13.1. The Balaban J connectivity index is 1.70. The fourth-order valence-corrected chi connectivity index (χ4v) is 4.97. The number of amides is 1. The Morgan fingerprint density at radius 3 is 2.57 bits per heavy atom. The van der Waals surface area contributed by atoms with Crippen molar-refractivity contribution in [1.29, 1.82) is 0 Å². The van der Waals surface area contributed by atoms with Gasteiger partial charge < -0.3 is 9.47 Å². The fourth-order valence-electron chi connectivity index (χ4n) is 3.21. The molecule has 2 aromatic rings. The molecule has 0 radical (unpaired) electrons. The number of hydroxylamine groups is 1. The highest BCUT2D eigenvalue weighted by Gasteiger charge is 2.30. The lowest BCUT2D eigenvalue weighted by atomic mass is 10.1. The lowest BCUT2D eigenvalue weighted by Gasteiger charge is -2.17. The van der Waals surface area contributed by atoms with Crippen molar-refractivity contribution >= 4 is 15.7 Å². The molecule has 7 nitrogen and oxygen atoms in total. The van der Waals surface area contributed by atoms with Gasteiger partial charge in [-0.15, -0.1) is 0 Å². The molecule has 2 N–H and O–H groups in total. The topological polar surface area (TPSA) is 102 Å². The molecule has 0 saturated carbocycles. The molecule has 0 fully saturated rings. The highest BCUT2D eigenvalue weighted by atomic mass is 32.2. The highest BCUT2D eigenvalue weighted by Crippen LogP contribution is 2.35. The number of carbonyl (C=O) groups is 1. The number of hydrogen-bond donors (Lipinski definition) is 2. The van der Waals surface area contributed by atoms with E-state index >= 15 is 0 Å². The average molecular weight is 405 g/mol. The number of sulfone groups is 1. The number of benzene rings is 2. The number of carbonyl (C=O) groups excluding carboxylic acids is 1. The van der Waals surface area contributed by atoms with Crippen LogP contribution in [0.4, 0.5) is 0 Å². The van der Waals surface area contributed by atoms with E-state index < -0.39 is 21.0 Å². The summed E-state index contributed by atoms with van der Waals surface area (Å²) in [5.74, 6) is 0.138. The first-order chi connectivity index (χ1) is 13.5. The van der Waals surface area contributed by atoms with Gasteiger partial charge in [0, 0.05) is 12.5 Å². The molecule has 0 aliphatic carbocycles. The standard InChI is InChI=1S/C20H23NO6S/c22-20(21-23)13-16(9-5-4-8-15-6-2-1-3-7-15)28(24,25)17-10-11-18-19(12-17)27-14-26-18/h1-3,6-7,10-12,16,23H,4-5,8-9,13-14H2,(H,21,22). The fraction of sp³-hybridized carbons (Fsp3) is 0.350. The van der Waals surface area contributed by atoms with Crippen molar-refractivity contribution in [3.63, 3.8) is 0 Å². The summed E-state index contributed by atoms with van der Waals surface area (Å²) in [6.07, 6.45) is 2.29. The van der Waals surface area contributed by atoms with Gasteiger partial charge in [0.15, 0.2) is 21.3 Å². The first kappa shape index (κ1) is 20.2. The summed E-state index contributed by atoms with van der Waals surface area (Å²) in [6, 6.07) is 14.4. The molecule has 28 heavy (non-hydrogen) atoms. The number of hydrogen-bond acceptors (Lipinski definition) is 6. The molecule has 3 rings (SSSR count). The second kappa shape index (κ2) is 9.07. The third-order valence-electron chi connectivity index (χ3n) is 4.73. The van der Waals surface area contributed by atoms with Gasteiger partial charge in [-0.05, 0) is 37.0 Å². The average Bonchev–Trinajstić information content (AvgIpc) is 3.18. The van der Waals surface area contributed by atoms with E-state index in [2.05, 4.69) is 0 Å². The second-order valence-electron chi connectivity index (χ2n) is 6.65. The molecule has 1 unspecified atom stereocenters. The molecule has 8 heteroatoms. The molecule has 1 aliphatic heterocycles. The quantitative estimate of drug-likeness (QED) is 0.378. The minimum Gasteiger partial charge on any atom is -0.454 e. The van der Waals surface area contributed by atoms with Gasteiger partial charge in [0.2, 0.25) is 12.7 Å². The van der Waals surface area contributed by atoms with Crippen LogP contribution in [0, 0.1) is 0 Å². The van der Waals surface area contributed by atoms with Gasteiger partial charge in [-0.3, -0.25) is 10.0 Å². The van der Waals surface area contributed by atoms with Gasteiger partial charge in [-0.2, -0.15) is 0 Å². The zero-order valence-corrected chi connectivity index (χ0v) is 16.2. The Bertz CT molecular complexity index is 914. The molecule has 0 spiro atoms. The highest BCUT2D eigenvalue weighted by molar-refractivity contribution is 7.92. The van der Waals surface area contributed by atoms with E-state index in [1.165, 1.54) is 23.2 Å². The van der Waals surface area contributed by atoms with Gasteiger partial charge in [0.05, 0.1) is 10.1 Å². The molecule has 0 saturated heterocycles. The summed E-state index contributed by atoms with van der Waals surface area (Å²) >= 11 is 0. The normalized spacial score (nSPS) is 13.9. The molecule has 0 bridgehead atoms. The monoisotopic (exact) mass is 405 g/mol. The Hall–Kier alpha value is -2.58. The molecule has 2 aromatic carbocycles. The Labute approximate surface area is 164 Å². The minimum atomic E-state index is -3.78. The summed E-state index contributed by atoms with van der Waals surface area (Å²) in [6.45, 7) is 0.0503. The predicted molar refractivity (Wildman–Crippen MR) is 102 cm³/mol. The second-order valence-corrected chi connectivity index (χ2v) is 8.88. The van der Waals surface area contributed by atoms with E-state index in [9.17, 15) is 13.2 Å². The van der Waals surface area contributed by atoms with Crippen molar-refractivity contribution in [3.05, 3.63) is 54.1 Å². The summed E-state index contributed by atoms with van der Waals surface area (Å²) in [4.78, 5) is 11.8. The molecule has 0 aromatic heterocycles.